The summed E-state index contributed by atoms with van der Waals surface area (Å²) in [7, 11) is -5.19. The van der Waals surface area contributed by atoms with Crippen LogP contribution in [0.3, 0.4) is 0 Å². The van der Waals surface area contributed by atoms with E-state index in [9.17, 15) is 0 Å². The van der Waals surface area contributed by atoms with Crippen molar-refractivity contribution in [2.24, 2.45) is 0 Å². The molecule has 7 aromatic carbocycles. The molecule has 2 aromatic heterocycles. The second-order valence-corrected chi connectivity index (χ2v) is 27.8. The third-order valence-electron chi connectivity index (χ3n) is 13.4. The standard InChI is InChI=1S/C52H48N2OSSi2/c1-51(2,3)41-34-37(32-33-38(41)39-24-18-27-43-48(39)53-50-54(43)42-26-14-16-29-45(42)56-50)58(35-20-10-8-11-21-35,36-22-12-9-13-23-36)47-31-19-25-40-49(47)55-44-28-15-17-30-46(44)57(6,7)52(40,4)5/h8-34H,1-7H3. The third-order valence-corrected chi connectivity index (χ3v) is 24.3. The Bertz CT molecular complexity index is 2990. The minimum atomic E-state index is -3.09. The van der Waals surface area contributed by atoms with Gasteiger partial charge in [-0.25, -0.2) is 4.98 Å². The normalized spacial score (nSPS) is 14.9. The summed E-state index contributed by atoms with van der Waals surface area (Å²) in [6, 6.07) is 61.2. The summed E-state index contributed by atoms with van der Waals surface area (Å²) in [5.41, 5.74) is 8.22. The highest BCUT2D eigenvalue weighted by atomic mass is 32.1. The maximum absolute atomic E-state index is 7.43. The fourth-order valence-electron chi connectivity index (χ4n) is 9.69. The van der Waals surface area contributed by atoms with Gasteiger partial charge in [0.1, 0.15) is 11.5 Å². The Balaban J connectivity index is 1.29. The minimum absolute atomic E-state index is 0.110. The number of benzene rings is 7. The first kappa shape index (κ1) is 36.8. The largest absolute Gasteiger partial charge is 0.457 e. The van der Waals surface area contributed by atoms with Crippen LogP contribution >= 0.6 is 11.3 Å². The molecule has 0 N–H and O–H groups in total. The van der Waals surface area contributed by atoms with E-state index in [-0.39, 0.29) is 10.5 Å². The molecule has 0 atom stereocenters. The predicted octanol–water partition coefficient (Wildman–Crippen LogP) is 10.6. The van der Waals surface area contributed by atoms with Crippen LogP contribution in [0.1, 0.15) is 45.7 Å². The number of nitrogens with zero attached hydrogens (tertiary/aromatic N) is 2. The summed E-state index contributed by atoms with van der Waals surface area (Å²) >= 11 is 1.76. The van der Waals surface area contributed by atoms with Crippen molar-refractivity contribution in [2.75, 3.05) is 0 Å². The molecule has 0 bridgehead atoms. The predicted molar refractivity (Wildman–Crippen MR) is 252 cm³/mol. The summed E-state index contributed by atoms with van der Waals surface area (Å²) < 4.78 is 11.0. The van der Waals surface area contributed by atoms with Gasteiger partial charge in [0, 0.05) is 5.56 Å². The maximum atomic E-state index is 7.43. The average Bonchev–Trinajstić information content (AvgIpc) is 3.77. The minimum Gasteiger partial charge on any atom is -0.457 e. The van der Waals surface area contributed by atoms with Crippen molar-refractivity contribution < 1.29 is 4.74 Å². The number of fused-ring (bicyclic) bond motifs is 7. The highest BCUT2D eigenvalue weighted by Crippen LogP contribution is 2.45. The lowest BCUT2D eigenvalue weighted by Crippen LogP contribution is -2.75. The van der Waals surface area contributed by atoms with E-state index in [0.29, 0.717) is 0 Å². The fourth-order valence-corrected chi connectivity index (χ4v) is 18.4. The average molecular weight is 805 g/mol. The Morgan fingerprint density at radius 3 is 2.00 bits per heavy atom. The quantitative estimate of drug-likeness (QED) is 0.128. The Kier molecular flexibility index (Phi) is 8.40. The van der Waals surface area contributed by atoms with Crippen molar-refractivity contribution in [1.82, 2.24) is 9.38 Å². The van der Waals surface area contributed by atoms with E-state index in [1.807, 2.05) is 0 Å². The van der Waals surface area contributed by atoms with Gasteiger partial charge in [-0.2, -0.15) is 0 Å². The van der Waals surface area contributed by atoms with Gasteiger partial charge in [-0.3, -0.25) is 4.40 Å². The van der Waals surface area contributed by atoms with Crippen molar-refractivity contribution in [3.63, 3.8) is 0 Å². The molecule has 0 unspecified atom stereocenters. The zero-order valence-electron chi connectivity index (χ0n) is 34.3. The van der Waals surface area contributed by atoms with Crippen LogP contribution in [-0.4, -0.2) is 25.5 Å². The van der Waals surface area contributed by atoms with Gasteiger partial charge in [0.15, 0.2) is 13.0 Å². The molecule has 0 aliphatic carbocycles. The van der Waals surface area contributed by atoms with Crippen molar-refractivity contribution in [3.05, 3.63) is 175 Å². The second kappa shape index (κ2) is 13.2. The summed E-state index contributed by atoms with van der Waals surface area (Å²) in [5, 5.41) is 6.55. The van der Waals surface area contributed by atoms with E-state index in [1.165, 1.54) is 58.4 Å². The van der Waals surface area contributed by atoms with E-state index in [1.54, 1.807) is 11.3 Å². The number of aromatic nitrogens is 2. The number of ether oxygens (including phenoxy) is 1. The first-order valence-corrected chi connectivity index (χ1v) is 26.2. The van der Waals surface area contributed by atoms with Crippen LogP contribution < -0.4 is 30.7 Å². The molecular formula is C52H48N2OSSi2. The smallest absolute Gasteiger partial charge is 0.195 e. The molecule has 0 saturated heterocycles. The Hall–Kier alpha value is -5.54. The molecule has 3 heterocycles. The van der Waals surface area contributed by atoms with Gasteiger partial charge in [0.05, 0.1) is 29.3 Å². The monoisotopic (exact) mass is 804 g/mol. The molecule has 9 aromatic rings. The van der Waals surface area contributed by atoms with Gasteiger partial charge >= 0.3 is 0 Å². The van der Waals surface area contributed by atoms with Gasteiger partial charge in [-0.15, -0.1) is 0 Å². The highest BCUT2D eigenvalue weighted by molar-refractivity contribution is 7.23. The number of rotatable bonds is 5. The highest BCUT2D eigenvalue weighted by Gasteiger charge is 2.51. The first-order valence-electron chi connectivity index (χ1n) is 20.4. The van der Waals surface area contributed by atoms with Gasteiger partial charge < -0.3 is 4.74 Å². The maximum Gasteiger partial charge on any atom is 0.195 e. The van der Waals surface area contributed by atoms with Crippen molar-refractivity contribution in [2.45, 2.75) is 58.2 Å². The topological polar surface area (TPSA) is 26.5 Å². The van der Waals surface area contributed by atoms with Crippen LogP contribution in [-0.2, 0) is 10.5 Å². The van der Waals surface area contributed by atoms with Crippen molar-refractivity contribution >= 4 is 79.6 Å². The van der Waals surface area contributed by atoms with Crippen LogP contribution in [0.25, 0.3) is 37.3 Å². The van der Waals surface area contributed by atoms with Crippen LogP contribution in [0.2, 0.25) is 13.1 Å². The van der Waals surface area contributed by atoms with Crippen LogP contribution in [0.15, 0.2) is 164 Å². The molecular weight excluding hydrogens is 757 g/mol. The Morgan fingerprint density at radius 1 is 0.638 bits per heavy atom. The molecule has 286 valence electrons. The molecule has 6 heteroatoms. The first-order chi connectivity index (χ1) is 27.9. The number of hydrogen-bond donors (Lipinski definition) is 0. The fraction of sp³-hybridized carbons (Fsp3) is 0.173. The lowest BCUT2D eigenvalue weighted by Gasteiger charge is -2.41. The number of hydrogen-bond acceptors (Lipinski definition) is 3. The summed E-state index contributed by atoms with van der Waals surface area (Å²) in [4.78, 5) is 6.37. The van der Waals surface area contributed by atoms with E-state index >= 15 is 0 Å². The van der Waals surface area contributed by atoms with Gasteiger partial charge in [0.2, 0.25) is 0 Å². The van der Waals surface area contributed by atoms with E-state index in [4.69, 9.17) is 9.72 Å². The summed E-state index contributed by atoms with van der Waals surface area (Å²) in [5.74, 6) is 2.02. The second-order valence-electron chi connectivity index (χ2n) is 18.0. The third kappa shape index (κ3) is 5.31. The van der Waals surface area contributed by atoms with Crippen LogP contribution in [0, 0.1) is 0 Å². The zero-order valence-corrected chi connectivity index (χ0v) is 37.1. The van der Waals surface area contributed by atoms with Gasteiger partial charge in [0.25, 0.3) is 0 Å². The number of imidazole rings is 1. The molecule has 1 aliphatic heterocycles. The summed E-state index contributed by atoms with van der Waals surface area (Å²) in [6.07, 6.45) is 0. The van der Waals surface area contributed by atoms with E-state index in [2.05, 4.69) is 216 Å². The van der Waals surface area contributed by atoms with E-state index in [0.717, 1.165) is 27.5 Å². The molecule has 10 rings (SSSR count). The number of thiazole rings is 1. The molecule has 58 heavy (non-hydrogen) atoms. The molecule has 3 nitrogen and oxygen atoms in total. The molecule has 0 fully saturated rings. The van der Waals surface area contributed by atoms with Gasteiger partial charge in [-0.05, 0) is 77.3 Å². The molecule has 1 aliphatic rings. The molecule has 0 spiro atoms. The van der Waals surface area contributed by atoms with Crippen LogP contribution in [0.4, 0.5) is 0 Å². The lowest BCUT2D eigenvalue weighted by atomic mass is 9.81. The Morgan fingerprint density at radius 2 is 1.28 bits per heavy atom. The number of para-hydroxylation sites is 4. The van der Waals surface area contributed by atoms with Gasteiger partial charge in [-0.1, -0.05) is 199 Å². The SMILES string of the molecule is CC(C)(C)c1cc([Si](c2ccccc2)(c2ccccc2)c2cccc3c2Oc2ccccc2[Si](C)(C)C3(C)C)ccc1-c1cccc2c1nc1sc3ccccc3n12. The van der Waals surface area contributed by atoms with E-state index < -0.39 is 16.1 Å². The molecule has 0 saturated carbocycles. The summed E-state index contributed by atoms with van der Waals surface area (Å²) in [6.45, 7) is 17.0. The lowest BCUT2D eigenvalue weighted by molar-refractivity contribution is 0.480. The van der Waals surface area contributed by atoms with Crippen LogP contribution in [0.5, 0.6) is 11.5 Å². The molecule has 0 amide bonds. The van der Waals surface area contributed by atoms with Crippen molar-refractivity contribution in [3.8, 4) is 22.6 Å². The Labute approximate surface area is 347 Å². The van der Waals surface area contributed by atoms with Crippen molar-refractivity contribution in [1.29, 1.82) is 0 Å². The zero-order chi connectivity index (χ0) is 40.0. The molecule has 0 radical (unpaired) electrons.